The number of carbonyl (C=O) groups is 2. The van der Waals surface area contributed by atoms with Gasteiger partial charge in [-0.15, -0.1) is 0 Å². The van der Waals surface area contributed by atoms with Crippen LogP contribution in [0.25, 0.3) is 0 Å². The summed E-state index contributed by atoms with van der Waals surface area (Å²) in [7, 11) is 3.69. The molecular formula is C21H27F3N2O6. The van der Waals surface area contributed by atoms with E-state index in [2.05, 4.69) is 17.0 Å². The van der Waals surface area contributed by atoms with Gasteiger partial charge in [0.05, 0.1) is 6.10 Å². The molecule has 8 nitrogen and oxygen atoms in total. The number of piperidine rings is 1. The molecule has 0 unspecified atom stereocenters. The first-order valence-electron chi connectivity index (χ1n) is 10.3. The first-order valence-corrected chi connectivity index (χ1v) is 10.3. The number of halogens is 3. The van der Waals surface area contributed by atoms with Crippen molar-refractivity contribution in [3.63, 3.8) is 0 Å². The Labute approximate surface area is 183 Å². The summed E-state index contributed by atoms with van der Waals surface area (Å²) in [6.07, 6.45) is -3.04. The third kappa shape index (κ3) is 5.83. The van der Waals surface area contributed by atoms with Crippen LogP contribution in [0.15, 0.2) is 18.2 Å². The van der Waals surface area contributed by atoms with Gasteiger partial charge >= 0.3 is 12.1 Å². The summed E-state index contributed by atoms with van der Waals surface area (Å²) in [5.41, 5.74) is 1.22. The van der Waals surface area contributed by atoms with Gasteiger partial charge in [-0.3, -0.25) is 9.69 Å². The first kappa shape index (κ1) is 24.1. The Kier molecular flexibility index (Phi) is 7.50. The number of fused-ring (bicyclic) bond motifs is 2. The van der Waals surface area contributed by atoms with Gasteiger partial charge in [-0.05, 0) is 30.5 Å². The smallest absolute Gasteiger partial charge is 0.475 e. The number of carboxylic acids is 1. The Morgan fingerprint density at radius 2 is 1.88 bits per heavy atom. The van der Waals surface area contributed by atoms with Crippen molar-refractivity contribution in [2.45, 2.75) is 31.7 Å². The summed E-state index contributed by atoms with van der Waals surface area (Å²) in [6, 6.07) is 6.14. The molecule has 2 fully saturated rings. The second-order valence-electron chi connectivity index (χ2n) is 8.22. The van der Waals surface area contributed by atoms with Gasteiger partial charge in [0.1, 0.15) is 0 Å². The molecule has 1 aromatic carbocycles. The molecule has 0 radical (unpaired) electrons. The number of carboxylic acid groups (broad SMARTS) is 1. The Morgan fingerprint density at radius 1 is 1.19 bits per heavy atom. The molecular weight excluding hydrogens is 433 g/mol. The quantitative estimate of drug-likeness (QED) is 0.741. The average Bonchev–Trinajstić information content (AvgIpc) is 3.20. The molecule has 3 atom stereocenters. The molecule has 4 rings (SSSR count). The van der Waals surface area contributed by atoms with Gasteiger partial charge in [0.2, 0.25) is 12.7 Å². The van der Waals surface area contributed by atoms with Crippen LogP contribution >= 0.6 is 0 Å². The molecule has 2 saturated heterocycles. The van der Waals surface area contributed by atoms with Gasteiger partial charge in [0.15, 0.2) is 11.5 Å². The molecule has 3 aliphatic rings. The van der Waals surface area contributed by atoms with Crippen LogP contribution in [0.5, 0.6) is 11.5 Å². The fourth-order valence-corrected chi connectivity index (χ4v) is 4.26. The number of alkyl halides is 3. The molecule has 0 aliphatic carbocycles. The normalized spacial score (nSPS) is 24.7. The number of aliphatic carboxylic acids is 1. The largest absolute Gasteiger partial charge is 0.490 e. The monoisotopic (exact) mass is 460 g/mol. The summed E-state index contributed by atoms with van der Waals surface area (Å²) in [5, 5.41) is 7.12. The fourth-order valence-electron chi connectivity index (χ4n) is 4.26. The van der Waals surface area contributed by atoms with Gasteiger partial charge < -0.3 is 24.2 Å². The Balaban J connectivity index is 0.000000360. The van der Waals surface area contributed by atoms with E-state index in [-0.39, 0.29) is 23.8 Å². The molecule has 1 amide bonds. The minimum atomic E-state index is -5.08. The molecule has 0 saturated carbocycles. The lowest BCUT2D eigenvalue weighted by atomic mass is 9.78. The maximum Gasteiger partial charge on any atom is 0.490 e. The summed E-state index contributed by atoms with van der Waals surface area (Å²) >= 11 is 0. The maximum atomic E-state index is 12.6. The highest BCUT2D eigenvalue weighted by Gasteiger charge is 2.42. The summed E-state index contributed by atoms with van der Waals surface area (Å²) in [5.74, 6) is -0.510. The van der Waals surface area contributed by atoms with E-state index in [4.69, 9.17) is 24.1 Å². The van der Waals surface area contributed by atoms with Crippen molar-refractivity contribution in [1.29, 1.82) is 0 Å². The molecule has 32 heavy (non-hydrogen) atoms. The highest BCUT2D eigenvalue weighted by Crippen LogP contribution is 2.36. The lowest BCUT2D eigenvalue weighted by Gasteiger charge is -2.45. The van der Waals surface area contributed by atoms with E-state index < -0.39 is 12.1 Å². The van der Waals surface area contributed by atoms with Crippen LogP contribution in [-0.4, -0.2) is 79.6 Å². The number of nitrogens with zero attached hydrogens (tertiary/aromatic N) is 2. The van der Waals surface area contributed by atoms with Crippen LogP contribution < -0.4 is 9.47 Å². The number of rotatable bonds is 3. The topological polar surface area (TPSA) is 88.5 Å². The zero-order valence-corrected chi connectivity index (χ0v) is 17.9. The fraction of sp³-hybridized carbons (Fsp3) is 0.619. The number of hydrogen-bond acceptors (Lipinski definition) is 6. The van der Waals surface area contributed by atoms with Gasteiger partial charge in [-0.1, -0.05) is 6.07 Å². The third-order valence-corrected chi connectivity index (χ3v) is 5.80. The SMILES string of the molecule is CN(C)C(=O)[C@@H]1CCO[C@@H]2CCN(Cc3ccc4c(c3)OCO4)C[C@@H]21.O=C(O)C(F)(F)F. The Hall–Kier alpha value is -2.53. The highest BCUT2D eigenvalue weighted by molar-refractivity contribution is 5.78. The molecule has 3 heterocycles. The van der Waals surface area contributed by atoms with E-state index in [1.54, 1.807) is 4.90 Å². The number of amides is 1. The maximum absolute atomic E-state index is 12.6. The van der Waals surface area contributed by atoms with Crippen LogP contribution in [0.2, 0.25) is 0 Å². The number of likely N-dealkylation sites (tertiary alicyclic amines) is 1. The summed E-state index contributed by atoms with van der Waals surface area (Å²) in [4.78, 5) is 25.6. The van der Waals surface area contributed by atoms with Gasteiger partial charge in [0.25, 0.3) is 0 Å². The van der Waals surface area contributed by atoms with Crippen molar-refractivity contribution in [3.05, 3.63) is 23.8 Å². The predicted molar refractivity (Wildman–Crippen MR) is 106 cm³/mol. The Morgan fingerprint density at radius 3 is 2.53 bits per heavy atom. The highest BCUT2D eigenvalue weighted by atomic mass is 19.4. The molecule has 0 spiro atoms. The number of ether oxygens (including phenoxy) is 3. The molecule has 3 aliphatic heterocycles. The van der Waals surface area contributed by atoms with Crippen LogP contribution in [0.4, 0.5) is 13.2 Å². The van der Waals surface area contributed by atoms with E-state index >= 15 is 0 Å². The molecule has 11 heteroatoms. The predicted octanol–water partition coefficient (Wildman–Crippen LogP) is 2.36. The summed E-state index contributed by atoms with van der Waals surface area (Å²) < 4.78 is 48.6. The second-order valence-corrected chi connectivity index (χ2v) is 8.22. The molecule has 0 bridgehead atoms. The van der Waals surface area contributed by atoms with Crippen molar-refractivity contribution >= 4 is 11.9 Å². The van der Waals surface area contributed by atoms with Gasteiger partial charge in [-0.2, -0.15) is 13.2 Å². The van der Waals surface area contributed by atoms with E-state index in [1.165, 1.54) is 5.56 Å². The van der Waals surface area contributed by atoms with E-state index in [1.807, 2.05) is 20.2 Å². The van der Waals surface area contributed by atoms with Crippen LogP contribution in [0, 0.1) is 11.8 Å². The van der Waals surface area contributed by atoms with Gasteiger partial charge in [-0.25, -0.2) is 4.79 Å². The van der Waals surface area contributed by atoms with E-state index in [9.17, 15) is 18.0 Å². The number of benzene rings is 1. The van der Waals surface area contributed by atoms with Crippen LogP contribution in [0.1, 0.15) is 18.4 Å². The van der Waals surface area contributed by atoms with Gasteiger partial charge in [0, 0.05) is 52.2 Å². The van der Waals surface area contributed by atoms with Crippen molar-refractivity contribution in [3.8, 4) is 11.5 Å². The minimum absolute atomic E-state index is 0.0771. The summed E-state index contributed by atoms with van der Waals surface area (Å²) in [6.45, 7) is 3.77. The van der Waals surface area contributed by atoms with Crippen molar-refractivity contribution in [2.75, 3.05) is 40.6 Å². The number of hydrogen-bond donors (Lipinski definition) is 1. The van der Waals surface area contributed by atoms with Crippen LogP contribution in [-0.2, 0) is 20.9 Å². The molecule has 1 aromatic rings. The zero-order chi connectivity index (χ0) is 23.5. The van der Waals surface area contributed by atoms with E-state index in [0.717, 1.165) is 44.0 Å². The average molecular weight is 460 g/mol. The zero-order valence-electron chi connectivity index (χ0n) is 17.9. The lowest BCUT2D eigenvalue weighted by Crippen LogP contribution is -2.52. The van der Waals surface area contributed by atoms with Crippen molar-refractivity contribution in [2.24, 2.45) is 11.8 Å². The number of carbonyl (C=O) groups excluding carboxylic acids is 1. The lowest BCUT2D eigenvalue weighted by molar-refractivity contribution is -0.192. The Bertz CT molecular complexity index is 832. The van der Waals surface area contributed by atoms with Crippen LogP contribution in [0.3, 0.4) is 0 Å². The molecule has 1 N–H and O–H groups in total. The van der Waals surface area contributed by atoms with Crippen molar-refractivity contribution in [1.82, 2.24) is 9.80 Å². The minimum Gasteiger partial charge on any atom is -0.475 e. The molecule has 178 valence electrons. The standard InChI is InChI=1S/C19H26N2O4.C2HF3O2/c1-20(2)19(22)14-6-8-23-16-5-7-21(11-15(14)16)10-13-3-4-17-18(9-13)25-12-24-17;3-2(4,5)1(6)7/h3-4,9,14-16H,5-8,10-12H2,1-2H3;(H,6,7)/t14-,15-,16-;/m1./s1. The molecule has 0 aromatic heterocycles. The third-order valence-electron chi connectivity index (χ3n) is 5.80. The first-order chi connectivity index (χ1) is 15.1. The van der Waals surface area contributed by atoms with Crippen molar-refractivity contribution < 1.29 is 42.1 Å². The van der Waals surface area contributed by atoms with E-state index in [0.29, 0.717) is 13.4 Å². The second kappa shape index (κ2) is 9.95.